The third kappa shape index (κ3) is 6.15. The molecule has 2 atom stereocenters. The molecule has 4 rings (SSSR count). The highest BCUT2D eigenvalue weighted by atomic mass is 32.2. The molecule has 1 saturated heterocycles. The number of likely N-dealkylation sites (N-methyl/N-ethyl adjacent to an activating group) is 1. The molecule has 0 bridgehead atoms. The van der Waals surface area contributed by atoms with Gasteiger partial charge in [-0.2, -0.15) is 0 Å². The van der Waals surface area contributed by atoms with Gasteiger partial charge in [0.15, 0.2) is 11.0 Å². The highest BCUT2D eigenvalue weighted by Crippen LogP contribution is 2.35. The molecule has 1 aromatic heterocycles. The molecule has 1 amide bonds. The number of carbonyl (C=O) groups is 1. The lowest BCUT2D eigenvalue weighted by molar-refractivity contribution is -0.110. The Kier molecular flexibility index (Phi) is 8.19. The molecule has 1 fully saturated rings. The minimum atomic E-state index is -1.14. The summed E-state index contributed by atoms with van der Waals surface area (Å²) in [4.78, 5) is 24.6. The standard InChI is InChI=1S/C23H29N5O4S2/c1-28-11-10-16(14-28)32-19-9-8-18-22(26-19)33-23(25-18)27-21(29)20(24)15-4-6-17(7-5-15)34(30)13-3-12-31-2/h4-7,16,24H,3,8-14H2,1-2H3,(H,25,27,29). The van der Waals surface area contributed by atoms with Crippen molar-refractivity contribution in [2.45, 2.75) is 36.7 Å². The van der Waals surface area contributed by atoms with Gasteiger partial charge in [-0.15, -0.1) is 0 Å². The Balaban J connectivity index is 1.34. The van der Waals surface area contributed by atoms with Crippen LogP contribution in [0.3, 0.4) is 0 Å². The fraction of sp³-hybridized carbons (Fsp3) is 0.478. The summed E-state index contributed by atoms with van der Waals surface area (Å²) in [6.07, 6.45) is 3.28. The number of likely N-dealkylation sites (tertiary alicyclic amines) is 1. The lowest BCUT2D eigenvalue weighted by Gasteiger charge is -2.17. The predicted octanol–water partition coefficient (Wildman–Crippen LogP) is 2.99. The Labute approximate surface area is 205 Å². The summed E-state index contributed by atoms with van der Waals surface area (Å²) in [5, 5.41) is 12.1. The highest BCUT2D eigenvalue weighted by Gasteiger charge is 2.25. The van der Waals surface area contributed by atoms with E-state index in [9.17, 15) is 9.00 Å². The normalized spacial score (nSPS) is 18.8. The quantitative estimate of drug-likeness (QED) is 0.401. The van der Waals surface area contributed by atoms with Crippen molar-refractivity contribution in [3.8, 4) is 0 Å². The molecule has 2 N–H and O–H groups in total. The minimum Gasteiger partial charge on any atom is -0.476 e. The van der Waals surface area contributed by atoms with Gasteiger partial charge in [-0.25, -0.2) is 9.98 Å². The largest absolute Gasteiger partial charge is 0.476 e. The van der Waals surface area contributed by atoms with Crippen molar-refractivity contribution in [1.82, 2.24) is 9.88 Å². The van der Waals surface area contributed by atoms with E-state index in [1.165, 1.54) is 11.3 Å². The van der Waals surface area contributed by atoms with Crippen LogP contribution in [0.25, 0.3) is 0 Å². The van der Waals surface area contributed by atoms with Crippen molar-refractivity contribution in [3.05, 3.63) is 35.5 Å². The molecule has 0 spiro atoms. The number of nitrogens with zero attached hydrogens (tertiary/aromatic N) is 3. The van der Waals surface area contributed by atoms with E-state index in [2.05, 4.69) is 27.2 Å². The predicted molar refractivity (Wildman–Crippen MR) is 134 cm³/mol. The number of ether oxygens (including phenoxy) is 2. The fourth-order valence-corrected chi connectivity index (χ4v) is 5.78. The van der Waals surface area contributed by atoms with Crippen LogP contribution in [0.15, 0.2) is 34.2 Å². The lowest BCUT2D eigenvalue weighted by atomic mass is 10.1. The van der Waals surface area contributed by atoms with Gasteiger partial charge in [0.2, 0.25) is 0 Å². The average molecular weight is 504 g/mol. The summed E-state index contributed by atoms with van der Waals surface area (Å²) in [5.74, 6) is 0.684. The van der Waals surface area contributed by atoms with Crippen LogP contribution in [0.1, 0.15) is 30.5 Å². The number of anilines is 1. The van der Waals surface area contributed by atoms with E-state index < -0.39 is 16.7 Å². The van der Waals surface area contributed by atoms with Crippen LogP contribution in [-0.4, -0.2) is 77.3 Å². The van der Waals surface area contributed by atoms with Crippen LogP contribution in [0, 0.1) is 5.41 Å². The number of thiazole rings is 1. The maximum atomic E-state index is 12.6. The molecule has 2 aromatic rings. The van der Waals surface area contributed by atoms with Crippen LogP contribution in [-0.2, 0) is 31.5 Å². The van der Waals surface area contributed by atoms with Gasteiger partial charge in [-0.3, -0.25) is 19.7 Å². The topological polar surface area (TPSA) is 117 Å². The summed E-state index contributed by atoms with van der Waals surface area (Å²) in [7, 11) is 2.56. The van der Waals surface area contributed by atoms with E-state index in [0.29, 0.717) is 47.2 Å². The monoisotopic (exact) mass is 503 g/mol. The number of nitrogens with one attached hydrogen (secondary N) is 2. The molecule has 0 aliphatic carbocycles. The summed E-state index contributed by atoms with van der Waals surface area (Å²) < 4.78 is 23.3. The van der Waals surface area contributed by atoms with Crippen molar-refractivity contribution in [2.75, 3.05) is 44.9 Å². The van der Waals surface area contributed by atoms with Gasteiger partial charge in [0.1, 0.15) is 16.8 Å². The zero-order valence-corrected chi connectivity index (χ0v) is 21.0. The van der Waals surface area contributed by atoms with Gasteiger partial charge < -0.3 is 14.4 Å². The molecule has 182 valence electrons. The number of rotatable bonds is 9. The maximum absolute atomic E-state index is 12.6. The molecule has 2 aliphatic rings. The van der Waals surface area contributed by atoms with E-state index in [1.54, 1.807) is 31.4 Å². The maximum Gasteiger partial charge on any atom is 0.275 e. The molecule has 3 heterocycles. The third-order valence-corrected chi connectivity index (χ3v) is 8.03. The van der Waals surface area contributed by atoms with E-state index in [4.69, 9.17) is 14.9 Å². The zero-order chi connectivity index (χ0) is 24.1. The molecule has 9 nitrogen and oxygen atoms in total. The number of aryl methyl sites for hydroxylation is 1. The van der Waals surface area contributed by atoms with Gasteiger partial charge >= 0.3 is 0 Å². The first-order valence-corrected chi connectivity index (χ1v) is 13.4. The number of carbonyl (C=O) groups excluding carboxylic acids is 1. The molecular weight excluding hydrogens is 474 g/mol. The molecule has 2 aliphatic heterocycles. The molecule has 34 heavy (non-hydrogen) atoms. The zero-order valence-electron chi connectivity index (χ0n) is 19.3. The third-order valence-electron chi connectivity index (χ3n) is 5.66. The van der Waals surface area contributed by atoms with Crippen molar-refractivity contribution in [1.29, 1.82) is 5.41 Å². The van der Waals surface area contributed by atoms with Crippen LogP contribution >= 0.6 is 11.3 Å². The first kappa shape index (κ1) is 24.6. The second-order valence-electron chi connectivity index (χ2n) is 8.32. The molecule has 11 heteroatoms. The van der Waals surface area contributed by atoms with Gasteiger partial charge in [-0.1, -0.05) is 23.5 Å². The van der Waals surface area contributed by atoms with Crippen molar-refractivity contribution < 1.29 is 18.5 Å². The second-order valence-corrected chi connectivity index (χ2v) is 10.9. The molecule has 2 unspecified atom stereocenters. The lowest BCUT2D eigenvalue weighted by Crippen LogP contribution is -2.23. The van der Waals surface area contributed by atoms with Crippen LogP contribution in [0.5, 0.6) is 0 Å². The second kappa shape index (κ2) is 11.3. The molecule has 1 aromatic carbocycles. The first-order chi connectivity index (χ1) is 16.4. The Morgan fingerprint density at radius 2 is 2.12 bits per heavy atom. The van der Waals surface area contributed by atoms with Gasteiger partial charge in [-0.05, 0) is 32.0 Å². The number of benzene rings is 1. The average Bonchev–Trinajstić information content (AvgIpc) is 3.43. The summed E-state index contributed by atoms with van der Waals surface area (Å²) >= 11 is 1.29. The number of methoxy groups -OCH3 is 1. The Morgan fingerprint density at radius 3 is 2.82 bits per heavy atom. The Bertz CT molecular complexity index is 1100. The Hall–Kier alpha value is -2.47. The van der Waals surface area contributed by atoms with Crippen LogP contribution in [0.2, 0.25) is 0 Å². The van der Waals surface area contributed by atoms with Gasteiger partial charge in [0.25, 0.3) is 5.91 Å². The van der Waals surface area contributed by atoms with Crippen molar-refractivity contribution >= 4 is 49.8 Å². The molecule has 0 radical (unpaired) electrons. The van der Waals surface area contributed by atoms with E-state index in [-0.39, 0.29) is 11.8 Å². The number of aliphatic imine (C=N–C) groups is 1. The number of amides is 1. The van der Waals surface area contributed by atoms with Crippen molar-refractivity contribution in [3.63, 3.8) is 0 Å². The minimum absolute atomic E-state index is 0.173. The Morgan fingerprint density at radius 1 is 1.32 bits per heavy atom. The number of fused-ring (bicyclic) bond motifs is 1. The molecule has 0 saturated carbocycles. The van der Waals surface area contributed by atoms with E-state index >= 15 is 0 Å². The number of hydrogen-bond donors (Lipinski definition) is 2. The van der Waals surface area contributed by atoms with Gasteiger partial charge in [0.05, 0.1) is 16.5 Å². The summed E-state index contributed by atoms with van der Waals surface area (Å²) in [6, 6.07) is 6.68. The summed E-state index contributed by atoms with van der Waals surface area (Å²) in [5.41, 5.74) is 1.11. The van der Waals surface area contributed by atoms with Gasteiger partial charge in [0, 0.05) is 55.9 Å². The van der Waals surface area contributed by atoms with E-state index in [1.807, 2.05) is 0 Å². The SMILES string of the molecule is COCCCS(=O)c1ccc(C(=N)C(=O)Nc2nc3c(s2)N=C(OC2CCN(C)C2)CC3)cc1. The van der Waals surface area contributed by atoms with Crippen molar-refractivity contribution in [2.24, 2.45) is 4.99 Å². The smallest absolute Gasteiger partial charge is 0.275 e. The number of hydrogen-bond acceptors (Lipinski definition) is 9. The first-order valence-electron chi connectivity index (χ1n) is 11.2. The fourth-order valence-electron chi connectivity index (χ4n) is 3.83. The number of aromatic nitrogens is 1. The van der Waals surface area contributed by atoms with E-state index in [0.717, 1.165) is 36.1 Å². The highest BCUT2D eigenvalue weighted by molar-refractivity contribution is 7.85. The molecular formula is C23H29N5O4S2. The summed E-state index contributed by atoms with van der Waals surface area (Å²) in [6.45, 7) is 2.50. The van der Waals surface area contributed by atoms with Crippen LogP contribution < -0.4 is 5.32 Å². The van der Waals surface area contributed by atoms with Crippen LogP contribution in [0.4, 0.5) is 10.1 Å².